The summed E-state index contributed by atoms with van der Waals surface area (Å²) in [5.74, 6) is 1.72. The predicted octanol–water partition coefficient (Wildman–Crippen LogP) is 2.79. The lowest BCUT2D eigenvalue weighted by Crippen LogP contribution is -2.49. The second-order valence-electron chi connectivity index (χ2n) is 6.89. The summed E-state index contributed by atoms with van der Waals surface area (Å²) in [5, 5.41) is 7.58. The van der Waals surface area contributed by atoms with E-state index in [1.54, 1.807) is 25.4 Å². The number of guanidine groups is 1. The molecule has 1 saturated heterocycles. The summed E-state index contributed by atoms with van der Waals surface area (Å²) in [6, 6.07) is 11.3. The summed E-state index contributed by atoms with van der Waals surface area (Å²) in [7, 11) is 1.69. The molecule has 0 aliphatic carbocycles. The van der Waals surface area contributed by atoms with E-state index in [0.717, 1.165) is 24.5 Å². The minimum atomic E-state index is 0.138. The van der Waals surface area contributed by atoms with Crippen LogP contribution in [-0.2, 0) is 11.3 Å². The van der Waals surface area contributed by atoms with Crippen LogP contribution in [0.3, 0.4) is 0 Å². The van der Waals surface area contributed by atoms with Crippen molar-refractivity contribution < 1.29 is 4.79 Å². The number of rotatable bonds is 6. The Labute approximate surface area is 187 Å². The molecule has 1 aromatic carbocycles. The number of nitrogens with zero attached hydrogens (tertiary/aromatic N) is 4. The van der Waals surface area contributed by atoms with Gasteiger partial charge in [0.1, 0.15) is 5.82 Å². The van der Waals surface area contributed by atoms with Crippen molar-refractivity contribution in [2.24, 2.45) is 4.99 Å². The molecule has 0 radical (unpaired) electrons. The molecule has 0 saturated carbocycles. The minimum absolute atomic E-state index is 0.138. The van der Waals surface area contributed by atoms with Crippen LogP contribution in [0, 0.1) is 0 Å². The number of nitrogens with one attached hydrogen (secondary N) is 2. The zero-order valence-corrected chi connectivity index (χ0v) is 18.5. The standard InChI is InChI=1S/C21H26Cl2N6O/c1-24-21(27-15-16-5-6-17(22)14-18(16)23)26-9-7-20(30)29-12-10-28(11-13-29)19-4-2-3-8-25-19/h2-6,8,14H,7,9-13,15H2,1H3,(H2,24,26,27). The Morgan fingerprint density at radius 1 is 1.13 bits per heavy atom. The number of halogens is 2. The number of hydrogen-bond acceptors (Lipinski definition) is 4. The number of piperazine rings is 1. The number of aliphatic imine (C=N–C) groups is 1. The van der Waals surface area contributed by atoms with E-state index in [1.807, 2.05) is 29.2 Å². The van der Waals surface area contributed by atoms with Crippen molar-refractivity contribution in [1.29, 1.82) is 0 Å². The lowest BCUT2D eigenvalue weighted by molar-refractivity contribution is -0.131. The van der Waals surface area contributed by atoms with Gasteiger partial charge in [-0.2, -0.15) is 0 Å². The Morgan fingerprint density at radius 2 is 1.93 bits per heavy atom. The van der Waals surface area contributed by atoms with Crippen LogP contribution in [0.25, 0.3) is 0 Å². The van der Waals surface area contributed by atoms with Gasteiger partial charge < -0.3 is 20.4 Å². The highest BCUT2D eigenvalue weighted by Gasteiger charge is 2.21. The molecule has 9 heteroatoms. The van der Waals surface area contributed by atoms with Gasteiger partial charge in [-0.05, 0) is 29.8 Å². The van der Waals surface area contributed by atoms with Gasteiger partial charge in [0.05, 0.1) is 0 Å². The molecule has 1 aliphatic rings. The topological polar surface area (TPSA) is 72.9 Å². The number of hydrogen-bond donors (Lipinski definition) is 2. The van der Waals surface area contributed by atoms with E-state index in [0.29, 0.717) is 48.6 Å². The van der Waals surface area contributed by atoms with Crippen LogP contribution in [0.15, 0.2) is 47.6 Å². The van der Waals surface area contributed by atoms with Gasteiger partial charge in [0, 0.05) is 69.0 Å². The third-order valence-electron chi connectivity index (χ3n) is 4.92. The molecule has 160 valence electrons. The number of carbonyl (C=O) groups is 1. The molecule has 1 fully saturated rings. The van der Waals surface area contributed by atoms with Gasteiger partial charge in [0.15, 0.2) is 5.96 Å². The number of pyridine rings is 1. The van der Waals surface area contributed by atoms with E-state index in [9.17, 15) is 4.79 Å². The average Bonchev–Trinajstić information content (AvgIpc) is 2.77. The van der Waals surface area contributed by atoms with Crippen molar-refractivity contribution in [3.05, 3.63) is 58.2 Å². The number of carbonyl (C=O) groups excluding carboxylic acids is 1. The fraction of sp³-hybridized carbons (Fsp3) is 0.381. The average molecular weight is 449 g/mol. The number of amides is 1. The summed E-state index contributed by atoms with van der Waals surface area (Å²) in [4.78, 5) is 25.2. The Morgan fingerprint density at radius 3 is 2.60 bits per heavy atom. The summed E-state index contributed by atoms with van der Waals surface area (Å²) in [6.07, 6.45) is 2.20. The molecule has 2 aromatic rings. The predicted molar refractivity (Wildman–Crippen MR) is 122 cm³/mol. The molecule has 2 heterocycles. The van der Waals surface area contributed by atoms with Gasteiger partial charge in [-0.3, -0.25) is 9.79 Å². The molecule has 1 amide bonds. The normalized spacial score (nSPS) is 14.6. The highest BCUT2D eigenvalue weighted by molar-refractivity contribution is 6.35. The van der Waals surface area contributed by atoms with E-state index in [4.69, 9.17) is 23.2 Å². The van der Waals surface area contributed by atoms with Crippen LogP contribution < -0.4 is 15.5 Å². The maximum Gasteiger partial charge on any atom is 0.224 e. The monoisotopic (exact) mass is 448 g/mol. The second-order valence-corrected chi connectivity index (χ2v) is 7.74. The van der Waals surface area contributed by atoms with Gasteiger partial charge in [-0.15, -0.1) is 0 Å². The van der Waals surface area contributed by atoms with E-state index in [-0.39, 0.29) is 5.91 Å². The van der Waals surface area contributed by atoms with Crippen molar-refractivity contribution in [2.45, 2.75) is 13.0 Å². The van der Waals surface area contributed by atoms with E-state index >= 15 is 0 Å². The lowest BCUT2D eigenvalue weighted by atomic mass is 10.2. The summed E-state index contributed by atoms with van der Waals surface area (Å²) >= 11 is 12.1. The molecule has 0 bridgehead atoms. The van der Waals surface area contributed by atoms with Crippen molar-refractivity contribution >= 4 is 40.9 Å². The van der Waals surface area contributed by atoms with Crippen LogP contribution in [0.2, 0.25) is 10.0 Å². The minimum Gasteiger partial charge on any atom is -0.356 e. The molecule has 30 heavy (non-hydrogen) atoms. The Kier molecular flexibility index (Phi) is 8.16. The molecule has 2 N–H and O–H groups in total. The maximum absolute atomic E-state index is 12.5. The largest absolute Gasteiger partial charge is 0.356 e. The highest BCUT2D eigenvalue weighted by Crippen LogP contribution is 2.20. The first kappa shape index (κ1) is 22.2. The number of benzene rings is 1. The number of anilines is 1. The maximum atomic E-state index is 12.5. The van der Waals surface area contributed by atoms with Gasteiger partial charge in [0.2, 0.25) is 5.91 Å². The second kappa shape index (κ2) is 11.0. The van der Waals surface area contributed by atoms with Crippen LogP contribution in [0.4, 0.5) is 5.82 Å². The SMILES string of the molecule is CN=C(NCCC(=O)N1CCN(c2ccccn2)CC1)NCc1ccc(Cl)cc1Cl. The molecule has 0 spiro atoms. The van der Waals surface area contributed by atoms with Crippen LogP contribution >= 0.6 is 23.2 Å². The smallest absolute Gasteiger partial charge is 0.224 e. The lowest BCUT2D eigenvalue weighted by Gasteiger charge is -2.35. The van der Waals surface area contributed by atoms with E-state index < -0.39 is 0 Å². The van der Waals surface area contributed by atoms with Gasteiger partial charge in [0.25, 0.3) is 0 Å². The van der Waals surface area contributed by atoms with E-state index in [2.05, 4.69) is 25.5 Å². The van der Waals surface area contributed by atoms with Crippen molar-refractivity contribution in [3.63, 3.8) is 0 Å². The number of aromatic nitrogens is 1. The molecule has 1 aliphatic heterocycles. The zero-order chi connectivity index (χ0) is 21.3. The van der Waals surface area contributed by atoms with Crippen molar-refractivity contribution in [2.75, 3.05) is 44.7 Å². The van der Waals surface area contributed by atoms with Gasteiger partial charge >= 0.3 is 0 Å². The van der Waals surface area contributed by atoms with Crippen molar-refractivity contribution in [3.8, 4) is 0 Å². The molecule has 3 rings (SSSR count). The zero-order valence-electron chi connectivity index (χ0n) is 16.9. The summed E-state index contributed by atoms with van der Waals surface area (Å²) in [6.45, 7) is 4.02. The molecule has 7 nitrogen and oxygen atoms in total. The summed E-state index contributed by atoms with van der Waals surface area (Å²) < 4.78 is 0. The first-order valence-electron chi connectivity index (χ1n) is 9.89. The van der Waals surface area contributed by atoms with Gasteiger partial charge in [-0.25, -0.2) is 4.98 Å². The Hall–Kier alpha value is -2.51. The highest BCUT2D eigenvalue weighted by atomic mass is 35.5. The Balaban J connectivity index is 1.38. The quantitative estimate of drug-likeness (QED) is 0.524. The molecule has 1 aromatic heterocycles. The fourth-order valence-electron chi connectivity index (χ4n) is 3.24. The molecular formula is C21H26Cl2N6O. The van der Waals surface area contributed by atoms with Crippen LogP contribution in [0.5, 0.6) is 0 Å². The third-order valence-corrected chi connectivity index (χ3v) is 5.51. The van der Waals surface area contributed by atoms with Crippen molar-refractivity contribution in [1.82, 2.24) is 20.5 Å². The molecular weight excluding hydrogens is 423 g/mol. The first-order valence-corrected chi connectivity index (χ1v) is 10.6. The molecule has 0 atom stereocenters. The third kappa shape index (κ3) is 6.24. The fourth-order valence-corrected chi connectivity index (χ4v) is 3.71. The Bertz CT molecular complexity index is 869. The van der Waals surface area contributed by atoms with Gasteiger partial charge in [-0.1, -0.05) is 35.3 Å². The first-order chi connectivity index (χ1) is 14.6. The van der Waals surface area contributed by atoms with Crippen LogP contribution in [0.1, 0.15) is 12.0 Å². The molecule has 0 unspecified atom stereocenters. The van der Waals surface area contributed by atoms with Crippen LogP contribution in [-0.4, -0.2) is 61.5 Å². The summed E-state index contributed by atoms with van der Waals surface area (Å²) in [5.41, 5.74) is 0.922. The van der Waals surface area contributed by atoms with E-state index in [1.165, 1.54) is 0 Å².